The molecule has 3 rings (SSSR count). The standard InChI is InChI=1S/C24H26N2O5/c1-2-30-24(29)21(13-17-9-5-3-6-10-17)25-19-14-22(27)26-20(19)15-23(28)31-16-18-11-7-4-8-12-18/h3-12,14,20-21,25H,2,13,15-16H2,1H3,(H,26,27)/t20-,21-/m0/s1. The molecule has 0 unspecified atom stereocenters. The van der Waals surface area contributed by atoms with Crippen LogP contribution in [0.2, 0.25) is 0 Å². The van der Waals surface area contributed by atoms with Crippen molar-refractivity contribution in [2.45, 2.75) is 38.5 Å². The Morgan fingerprint density at radius 1 is 1.00 bits per heavy atom. The van der Waals surface area contributed by atoms with E-state index in [-0.39, 0.29) is 25.5 Å². The van der Waals surface area contributed by atoms with Gasteiger partial charge in [-0.1, -0.05) is 60.7 Å². The number of rotatable bonds is 10. The van der Waals surface area contributed by atoms with Gasteiger partial charge in [0, 0.05) is 18.2 Å². The Balaban J connectivity index is 1.63. The lowest BCUT2D eigenvalue weighted by Gasteiger charge is -2.22. The summed E-state index contributed by atoms with van der Waals surface area (Å²) in [5.41, 5.74) is 2.30. The van der Waals surface area contributed by atoms with Crippen LogP contribution in [0.15, 0.2) is 72.4 Å². The molecule has 0 saturated heterocycles. The Labute approximate surface area is 181 Å². The number of hydrogen-bond acceptors (Lipinski definition) is 6. The van der Waals surface area contributed by atoms with Gasteiger partial charge in [-0.15, -0.1) is 0 Å². The van der Waals surface area contributed by atoms with Crippen LogP contribution >= 0.6 is 0 Å². The van der Waals surface area contributed by atoms with Crippen LogP contribution in [0.1, 0.15) is 24.5 Å². The highest BCUT2D eigenvalue weighted by Gasteiger charge is 2.31. The molecule has 7 heteroatoms. The first-order valence-corrected chi connectivity index (χ1v) is 10.2. The molecule has 7 nitrogen and oxygen atoms in total. The van der Waals surface area contributed by atoms with Crippen LogP contribution < -0.4 is 10.6 Å². The van der Waals surface area contributed by atoms with Crippen LogP contribution in [0.3, 0.4) is 0 Å². The van der Waals surface area contributed by atoms with Gasteiger partial charge in [-0.2, -0.15) is 0 Å². The fourth-order valence-corrected chi connectivity index (χ4v) is 3.29. The van der Waals surface area contributed by atoms with Gasteiger partial charge in [0.2, 0.25) is 5.91 Å². The predicted octanol–water partition coefficient (Wildman–Crippen LogP) is 2.27. The van der Waals surface area contributed by atoms with Crippen molar-refractivity contribution in [3.63, 3.8) is 0 Å². The molecule has 2 aromatic rings. The Bertz CT molecular complexity index is 928. The maximum atomic E-state index is 12.5. The normalized spacial score (nSPS) is 16.1. The minimum Gasteiger partial charge on any atom is -0.464 e. The number of esters is 2. The first kappa shape index (κ1) is 22.1. The summed E-state index contributed by atoms with van der Waals surface area (Å²) in [5, 5.41) is 5.83. The van der Waals surface area contributed by atoms with Crippen LogP contribution in [0.4, 0.5) is 0 Å². The largest absolute Gasteiger partial charge is 0.464 e. The zero-order chi connectivity index (χ0) is 22.1. The molecule has 1 amide bonds. The molecule has 2 atom stereocenters. The molecule has 0 saturated carbocycles. The molecule has 0 radical (unpaired) electrons. The number of ether oxygens (including phenoxy) is 2. The van der Waals surface area contributed by atoms with Crippen LogP contribution in [-0.2, 0) is 36.9 Å². The predicted molar refractivity (Wildman–Crippen MR) is 115 cm³/mol. The molecule has 1 aliphatic rings. The first-order valence-electron chi connectivity index (χ1n) is 10.2. The lowest BCUT2D eigenvalue weighted by atomic mass is 10.0. The van der Waals surface area contributed by atoms with Gasteiger partial charge < -0.3 is 20.1 Å². The van der Waals surface area contributed by atoms with E-state index in [4.69, 9.17) is 9.47 Å². The van der Waals surface area contributed by atoms with Gasteiger partial charge in [0.15, 0.2) is 0 Å². The van der Waals surface area contributed by atoms with Crippen molar-refractivity contribution in [3.05, 3.63) is 83.6 Å². The second-order valence-electron chi connectivity index (χ2n) is 7.15. The van der Waals surface area contributed by atoms with Gasteiger partial charge >= 0.3 is 11.9 Å². The molecular weight excluding hydrogens is 396 g/mol. The zero-order valence-electron chi connectivity index (χ0n) is 17.4. The summed E-state index contributed by atoms with van der Waals surface area (Å²) in [5.74, 6) is -1.19. The number of carbonyl (C=O) groups excluding carboxylic acids is 3. The summed E-state index contributed by atoms with van der Waals surface area (Å²) in [6.07, 6.45) is 1.71. The molecular formula is C24H26N2O5. The number of hydrogen-bond donors (Lipinski definition) is 2. The van der Waals surface area contributed by atoms with Gasteiger partial charge in [0.1, 0.15) is 12.6 Å². The van der Waals surface area contributed by atoms with Crippen molar-refractivity contribution in [2.24, 2.45) is 0 Å². The second kappa shape index (κ2) is 11.0. The average molecular weight is 422 g/mol. The van der Waals surface area contributed by atoms with E-state index in [0.717, 1.165) is 11.1 Å². The number of carbonyl (C=O) groups is 3. The Morgan fingerprint density at radius 3 is 2.29 bits per heavy atom. The quantitative estimate of drug-likeness (QED) is 0.571. The fraction of sp³-hybridized carbons (Fsp3) is 0.292. The third kappa shape index (κ3) is 6.70. The zero-order valence-corrected chi connectivity index (χ0v) is 17.4. The molecule has 2 N–H and O–H groups in total. The van der Waals surface area contributed by atoms with E-state index >= 15 is 0 Å². The molecule has 2 aromatic carbocycles. The van der Waals surface area contributed by atoms with Gasteiger partial charge in [0.25, 0.3) is 0 Å². The van der Waals surface area contributed by atoms with E-state index in [9.17, 15) is 14.4 Å². The Kier molecular flexibility index (Phi) is 7.81. The van der Waals surface area contributed by atoms with E-state index in [1.165, 1.54) is 6.08 Å². The topological polar surface area (TPSA) is 93.7 Å². The Morgan fingerprint density at radius 2 is 1.65 bits per heavy atom. The maximum absolute atomic E-state index is 12.5. The SMILES string of the molecule is CCOC(=O)[C@H](Cc1ccccc1)NC1=CC(=O)N[C@H]1CC(=O)OCc1ccccc1. The summed E-state index contributed by atoms with van der Waals surface area (Å²) in [6, 6.07) is 17.6. The summed E-state index contributed by atoms with van der Waals surface area (Å²) in [4.78, 5) is 36.8. The van der Waals surface area contributed by atoms with Gasteiger partial charge in [-0.25, -0.2) is 4.79 Å². The highest BCUT2D eigenvalue weighted by molar-refractivity contribution is 5.92. The van der Waals surface area contributed by atoms with Crippen molar-refractivity contribution in [2.75, 3.05) is 6.61 Å². The second-order valence-corrected chi connectivity index (χ2v) is 7.15. The van der Waals surface area contributed by atoms with Crippen LogP contribution in [-0.4, -0.2) is 36.5 Å². The summed E-state index contributed by atoms with van der Waals surface area (Å²) >= 11 is 0. The summed E-state index contributed by atoms with van der Waals surface area (Å²) in [6.45, 7) is 2.15. The minimum absolute atomic E-state index is 0.0434. The average Bonchev–Trinajstić information content (AvgIpc) is 3.12. The smallest absolute Gasteiger partial charge is 0.328 e. The number of nitrogens with one attached hydrogen (secondary N) is 2. The van der Waals surface area contributed by atoms with E-state index < -0.39 is 24.0 Å². The summed E-state index contributed by atoms with van der Waals surface area (Å²) < 4.78 is 10.5. The number of benzene rings is 2. The minimum atomic E-state index is -0.691. The molecule has 0 fully saturated rings. The Hall–Kier alpha value is -3.61. The molecule has 0 bridgehead atoms. The molecule has 0 aliphatic carbocycles. The van der Waals surface area contributed by atoms with Gasteiger partial charge in [-0.3, -0.25) is 9.59 Å². The molecule has 31 heavy (non-hydrogen) atoms. The first-order chi connectivity index (χ1) is 15.0. The van der Waals surface area contributed by atoms with Crippen molar-refractivity contribution >= 4 is 17.8 Å². The van der Waals surface area contributed by atoms with Crippen molar-refractivity contribution in [1.29, 1.82) is 0 Å². The van der Waals surface area contributed by atoms with Crippen LogP contribution in [0.25, 0.3) is 0 Å². The fourth-order valence-electron chi connectivity index (χ4n) is 3.29. The maximum Gasteiger partial charge on any atom is 0.328 e. The molecule has 0 aromatic heterocycles. The highest BCUT2D eigenvalue weighted by atomic mass is 16.5. The van der Waals surface area contributed by atoms with Crippen molar-refractivity contribution < 1.29 is 23.9 Å². The third-order valence-corrected chi connectivity index (χ3v) is 4.79. The molecule has 1 heterocycles. The monoisotopic (exact) mass is 422 g/mol. The lowest BCUT2D eigenvalue weighted by Crippen LogP contribution is -2.44. The van der Waals surface area contributed by atoms with Crippen LogP contribution in [0.5, 0.6) is 0 Å². The van der Waals surface area contributed by atoms with Gasteiger partial charge in [0.05, 0.1) is 19.1 Å². The van der Waals surface area contributed by atoms with Crippen molar-refractivity contribution in [3.8, 4) is 0 Å². The van der Waals surface area contributed by atoms with Crippen LogP contribution in [0, 0.1) is 0 Å². The van der Waals surface area contributed by atoms with E-state index in [2.05, 4.69) is 10.6 Å². The summed E-state index contributed by atoms with van der Waals surface area (Å²) in [7, 11) is 0. The third-order valence-electron chi connectivity index (χ3n) is 4.79. The molecule has 162 valence electrons. The van der Waals surface area contributed by atoms with E-state index in [1.54, 1.807) is 6.92 Å². The van der Waals surface area contributed by atoms with Crippen molar-refractivity contribution in [1.82, 2.24) is 10.6 Å². The lowest BCUT2D eigenvalue weighted by molar-refractivity contribution is -0.145. The van der Waals surface area contributed by atoms with E-state index in [1.807, 2.05) is 60.7 Å². The van der Waals surface area contributed by atoms with E-state index in [0.29, 0.717) is 12.1 Å². The molecule has 1 aliphatic heterocycles. The highest BCUT2D eigenvalue weighted by Crippen LogP contribution is 2.15. The molecule has 0 spiro atoms. The van der Waals surface area contributed by atoms with Gasteiger partial charge in [-0.05, 0) is 18.1 Å². The number of amides is 1.